The van der Waals surface area contributed by atoms with Gasteiger partial charge in [0.1, 0.15) is 0 Å². The van der Waals surface area contributed by atoms with Crippen molar-refractivity contribution in [2.24, 2.45) is 0 Å². The van der Waals surface area contributed by atoms with Gasteiger partial charge in [0.05, 0.1) is 11.4 Å². The molecule has 0 radical (unpaired) electrons. The maximum Gasteiger partial charge on any atom is 0.264 e. The summed E-state index contributed by atoms with van der Waals surface area (Å²) >= 11 is 7.45. The number of anilines is 2. The Bertz CT molecular complexity index is 677. The lowest BCUT2D eigenvalue weighted by Crippen LogP contribution is -2.35. The van der Waals surface area contributed by atoms with Crippen LogP contribution < -0.4 is 15.4 Å². The second-order valence-corrected chi connectivity index (χ2v) is 5.44. The summed E-state index contributed by atoms with van der Waals surface area (Å²) < 4.78 is 5.53. The Hall–Kier alpha value is -1.31. The average Bonchev–Trinajstić information content (AvgIpc) is 2.80. The quantitative estimate of drug-likeness (QED) is 0.831. The molecule has 1 amide bonds. The molecule has 5 nitrogen and oxygen atoms in total. The highest BCUT2D eigenvalue weighted by molar-refractivity contribution is 8.93. The molecule has 0 atom stereocenters. The van der Waals surface area contributed by atoms with Crippen LogP contribution in [0.1, 0.15) is 0 Å². The number of thiazole rings is 1. The number of hydrogen-bond acceptors (Lipinski definition) is 5. The first kappa shape index (κ1) is 15.1. The van der Waals surface area contributed by atoms with E-state index in [-0.39, 0.29) is 29.5 Å². The molecule has 1 aromatic carbocycles. The Morgan fingerprint density at radius 2 is 2.25 bits per heavy atom. The number of nitrogen functional groups attached to an aromatic ring is 1. The normalized spacial score (nSPS) is 13.5. The summed E-state index contributed by atoms with van der Waals surface area (Å²) in [5.74, 6) is 0.496. The van der Waals surface area contributed by atoms with Crippen molar-refractivity contribution in [3.8, 4) is 17.0 Å². The van der Waals surface area contributed by atoms with E-state index in [1.165, 1.54) is 16.2 Å². The smallest absolute Gasteiger partial charge is 0.264 e. The van der Waals surface area contributed by atoms with Crippen LogP contribution in [0.5, 0.6) is 5.75 Å². The lowest BCUT2D eigenvalue weighted by molar-refractivity contribution is -0.120. The monoisotopic (exact) mass is 375 g/mol. The molecule has 2 heterocycles. The van der Waals surface area contributed by atoms with Crippen LogP contribution in [0.3, 0.4) is 0 Å². The fraction of sp³-hybridized carbons (Fsp3) is 0.167. The van der Waals surface area contributed by atoms with Gasteiger partial charge in [-0.15, -0.1) is 28.3 Å². The van der Waals surface area contributed by atoms with Crippen LogP contribution in [0.2, 0.25) is 5.02 Å². The van der Waals surface area contributed by atoms with E-state index in [1.54, 1.807) is 19.2 Å². The molecule has 20 heavy (non-hydrogen) atoms. The standard InChI is InChI=1S/C12H10ClN3O2S.BrH/c1-16-9-3-6(13)2-7(8-5-19-12(14)15-8)11(9)18-4-10(16)17;/h2-3,5H,4H2,1H3,(H2,14,15);1H. The van der Waals surface area contributed by atoms with Gasteiger partial charge in [0.25, 0.3) is 5.91 Å². The molecule has 2 aromatic rings. The summed E-state index contributed by atoms with van der Waals surface area (Å²) in [6.45, 7) is 0.0117. The van der Waals surface area contributed by atoms with E-state index >= 15 is 0 Å². The number of halogens is 2. The average molecular weight is 377 g/mol. The highest BCUT2D eigenvalue weighted by atomic mass is 79.9. The van der Waals surface area contributed by atoms with E-state index in [4.69, 9.17) is 22.1 Å². The highest BCUT2D eigenvalue weighted by Gasteiger charge is 2.26. The molecular formula is C12H11BrClN3O2S. The molecule has 1 aliphatic heterocycles. The molecule has 2 N–H and O–H groups in total. The second-order valence-electron chi connectivity index (χ2n) is 4.11. The van der Waals surface area contributed by atoms with Crippen LogP contribution in [0.25, 0.3) is 11.3 Å². The van der Waals surface area contributed by atoms with Gasteiger partial charge in [-0.2, -0.15) is 0 Å². The van der Waals surface area contributed by atoms with Gasteiger partial charge >= 0.3 is 0 Å². The van der Waals surface area contributed by atoms with Crippen molar-refractivity contribution in [3.63, 3.8) is 0 Å². The fourth-order valence-corrected chi connectivity index (χ4v) is 2.72. The molecular weight excluding hydrogens is 366 g/mol. The first-order chi connectivity index (χ1) is 9.06. The number of rotatable bonds is 1. The minimum Gasteiger partial charge on any atom is -0.481 e. The van der Waals surface area contributed by atoms with Gasteiger partial charge in [-0.1, -0.05) is 11.6 Å². The van der Waals surface area contributed by atoms with E-state index in [0.29, 0.717) is 27.3 Å². The van der Waals surface area contributed by atoms with E-state index in [1.807, 2.05) is 5.38 Å². The number of nitrogens with zero attached hydrogens (tertiary/aromatic N) is 2. The van der Waals surface area contributed by atoms with Crippen LogP contribution >= 0.6 is 39.9 Å². The summed E-state index contributed by atoms with van der Waals surface area (Å²) in [5.41, 5.74) is 7.74. The molecule has 1 aliphatic rings. The third-order valence-corrected chi connectivity index (χ3v) is 3.80. The molecule has 0 unspecified atom stereocenters. The summed E-state index contributed by atoms with van der Waals surface area (Å²) in [6, 6.07) is 3.46. The Morgan fingerprint density at radius 1 is 1.50 bits per heavy atom. The minimum atomic E-state index is -0.112. The second kappa shape index (κ2) is 5.59. The molecule has 0 fully saturated rings. The van der Waals surface area contributed by atoms with E-state index < -0.39 is 0 Å². The summed E-state index contributed by atoms with van der Waals surface area (Å²) in [5, 5.41) is 2.83. The predicted octanol–water partition coefficient (Wildman–Crippen LogP) is 2.98. The van der Waals surface area contributed by atoms with Crippen LogP contribution in [-0.2, 0) is 4.79 Å². The van der Waals surface area contributed by atoms with Crippen molar-refractivity contribution in [2.45, 2.75) is 0 Å². The molecule has 0 saturated carbocycles. The van der Waals surface area contributed by atoms with Crippen LogP contribution in [0.4, 0.5) is 10.8 Å². The number of likely N-dealkylation sites (N-methyl/N-ethyl adjacent to an activating group) is 1. The topological polar surface area (TPSA) is 68.5 Å². The maximum atomic E-state index is 11.6. The van der Waals surface area contributed by atoms with Crippen molar-refractivity contribution >= 4 is 56.6 Å². The summed E-state index contributed by atoms with van der Waals surface area (Å²) in [7, 11) is 1.69. The van der Waals surface area contributed by atoms with Crippen molar-refractivity contribution in [1.29, 1.82) is 0 Å². The number of ether oxygens (including phenoxy) is 1. The van der Waals surface area contributed by atoms with Crippen molar-refractivity contribution in [3.05, 3.63) is 22.5 Å². The number of hydrogen-bond donors (Lipinski definition) is 1. The van der Waals surface area contributed by atoms with Gasteiger partial charge in [0.15, 0.2) is 17.5 Å². The SMILES string of the molecule is Br.CN1C(=O)COc2c(-c3csc(N)n3)cc(Cl)cc21. The van der Waals surface area contributed by atoms with Crippen LogP contribution in [0.15, 0.2) is 17.5 Å². The van der Waals surface area contributed by atoms with E-state index in [2.05, 4.69) is 4.98 Å². The first-order valence-corrected chi connectivity index (χ1v) is 6.76. The van der Waals surface area contributed by atoms with Crippen molar-refractivity contribution < 1.29 is 9.53 Å². The number of nitrogens with two attached hydrogens (primary N) is 1. The van der Waals surface area contributed by atoms with Gasteiger partial charge < -0.3 is 15.4 Å². The van der Waals surface area contributed by atoms with Crippen LogP contribution in [-0.4, -0.2) is 24.5 Å². The van der Waals surface area contributed by atoms with Gasteiger partial charge in [-0.3, -0.25) is 4.79 Å². The Kier molecular flexibility index (Phi) is 4.22. The van der Waals surface area contributed by atoms with Crippen molar-refractivity contribution in [2.75, 3.05) is 24.3 Å². The lowest BCUT2D eigenvalue weighted by atomic mass is 10.1. The number of benzene rings is 1. The van der Waals surface area contributed by atoms with Gasteiger partial charge in [-0.25, -0.2) is 4.98 Å². The first-order valence-electron chi connectivity index (χ1n) is 5.50. The Labute approximate surface area is 135 Å². The number of carbonyl (C=O) groups is 1. The van der Waals surface area contributed by atoms with E-state index in [9.17, 15) is 4.79 Å². The molecule has 3 rings (SSSR count). The molecule has 0 bridgehead atoms. The molecule has 8 heteroatoms. The zero-order valence-electron chi connectivity index (χ0n) is 10.4. The highest BCUT2D eigenvalue weighted by Crippen LogP contribution is 2.43. The Morgan fingerprint density at radius 3 is 2.90 bits per heavy atom. The minimum absolute atomic E-state index is 0. The number of amides is 1. The largest absolute Gasteiger partial charge is 0.481 e. The van der Waals surface area contributed by atoms with Gasteiger partial charge in [-0.05, 0) is 12.1 Å². The lowest BCUT2D eigenvalue weighted by Gasteiger charge is -2.27. The molecule has 0 saturated heterocycles. The third-order valence-electron chi connectivity index (χ3n) is 2.91. The molecule has 106 valence electrons. The molecule has 0 spiro atoms. The Balaban J connectivity index is 0.00000147. The number of carbonyl (C=O) groups excluding carboxylic acids is 1. The van der Waals surface area contributed by atoms with Crippen molar-refractivity contribution in [1.82, 2.24) is 4.98 Å². The fourth-order valence-electron chi connectivity index (χ4n) is 1.95. The van der Waals surface area contributed by atoms with Crippen LogP contribution in [0, 0.1) is 0 Å². The molecule has 1 aromatic heterocycles. The number of fused-ring (bicyclic) bond motifs is 1. The number of aromatic nitrogens is 1. The summed E-state index contributed by atoms with van der Waals surface area (Å²) in [4.78, 5) is 17.4. The zero-order valence-corrected chi connectivity index (χ0v) is 13.7. The maximum absolute atomic E-state index is 11.6. The zero-order chi connectivity index (χ0) is 13.6. The predicted molar refractivity (Wildman–Crippen MR) is 86.2 cm³/mol. The van der Waals surface area contributed by atoms with E-state index in [0.717, 1.165) is 5.56 Å². The third kappa shape index (κ3) is 2.48. The molecule has 0 aliphatic carbocycles. The summed E-state index contributed by atoms with van der Waals surface area (Å²) in [6.07, 6.45) is 0. The van der Waals surface area contributed by atoms with Gasteiger partial charge in [0.2, 0.25) is 0 Å². The van der Waals surface area contributed by atoms with Gasteiger partial charge in [0, 0.05) is 23.0 Å².